The van der Waals surface area contributed by atoms with Crippen LogP contribution in [-0.4, -0.2) is 37.0 Å². The Labute approximate surface area is 171 Å². The Morgan fingerprint density at radius 2 is 1.83 bits per heavy atom. The summed E-state index contributed by atoms with van der Waals surface area (Å²) >= 11 is 0. The first kappa shape index (κ1) is 18.4. The highest BCUT2D eigenvalue weighted by molar-refractivity contribution is 6.08. The Bertz CT molecular complexity index is 992. The van der Waals surface area contributed by atoms with Gasteiger partial charge in [-0.1, -0.05) is 42.5 Å². The molecule has 2 aromatic rings. The molecule has 1 saturated carbocycles. The van der Waals surface area contributed by atoms with Crippen molar-refractivity contribution in [2.45, 2.75) is 43.7 Å². The lowest BCUT2D eigenvalue weighted by atomic mass is 9.61. The average Bonchev–Trinajstić information content (AvgIpc) is 3.15. The van der Waals surface area contributed by atoms with Gasteiger partial charge in [0, 0.05) is 19.6 Å². The van der Waals surface area contributed by atoms with E-state index in [1.54, 1.807) is 14.2 Å². The van der Waals surface area contributed by atoms with Gasteiger partial charge < -0.3 is 10.5 Å². The van der Waals surface area contributed by atoms with Crippen molar-refractivity contribution < 1.29 is 9.53 Å². The van der Waals surface area contributed by atoms with Gasteiger partial charge in [-0.15, -0.1) is 0 Å². The Balaban J connectivity index is 1.68. The molecule has 2 spiro atoms. The smallest absolute Gasteiger partial charge is 0.262 e. The number of nitrogens with zero attached hydrogens (tertiary/aromatic N) is 2. The number of hydrogen-bond acceptors (Lipinski definition) is 4. The number of nitrogens with two attached hydrogens (primary N) is 1. The molecule has 2 aliphatic carbocycles. The normalized spacial score (nSPS) is 30.8. The minimum atomic E-state index is -0.912. The van der Waals surface area contributed by atoms with Gasteiger partial charge in [0.2, 0.25) is 0 Å². The van der Waals surface area contributed by atoms with Gasteiger partial charge in [-0.3, -0.25) is 9.69 Å². The number of ether oxygens (including phenoxy) is 1. The van der Waals surface area contributed by atoms with Crippen molar-refractivity contribution >= 4 is 11.9 Å². The van der Waals surface area contributed by atoms with Crippen molar-refractivity contribution in [3.63, 3.8) is 0 Å². The lowest BCUT2D eigenvalue weighted by Crippen LogP contribution is -2.51. The number of rotatable bonds is 2. The molecule has 0 radical (unpaired) electrons. The summed E-state index contributed by atoms with van der Waals surface area (Å²) in [5, 5.41) is 0. The Hall–Kier alpha value is -2.66. The van der Waals surface area contributed by atoms with Crippen LogP contribution < -0.4 is 5.73 Å². The topological polar surface area (TPSA) is 67.9 Å². The molecule has 3 aliphatic rings. The van der Waals surface area contributed by atoms with Crippen molar-refractivity contribution in [1.82, 2.24) is 4.90 Å². The van der Waals surface area contributed by atoms with Gasteiger partial charge in [-0.05, 0) is 60.4 Å². The molecular formula is C24H27N3O2. The molecule has 1 amide bonds. The van der Waals surface area contributed by atoms with Gasteiger partial charge in [-0.2, -0.15) is 0 Å². The summed E-state index contributed by atoms with van der Waals surface area (Å²) in [7, 11) is 3.52. The van der Waals surface area contributed by atoms with Crippen LogP contribution in [0.4, 0.5) is 0 Å². The van der Waals surface area contributed by atoms with Gasteiger partial charge in [0.15, 0.2) is 11.5 Å². The van der Waals surface area contributed by atoms with Crippen LogP contribution in [0.3, 0.4) is 0 Å². The standard InChI is InChI=1S/C24H27N3O2/c1-27-21(28)24(26-22(27)25)20-14-17(16-6-4-3-5-7-16)8-9-18(20)15-23(24)12-10-19(29-2)11-13-23/h3-9,14,19H,10-13,15H2,1-2H3,(H2,25,26). The van der Waals surface area contributed by atoms with Crippen LogP contribution in [0, 0.1) is 5.41 Å². The third kappa shape index (κ3) is 2.43. The number of methoxy groups -OCH3 is 1. The summed E-state index contributed by atoms with van der Waals surface area (Å²) in [6, 6.07) is 16.8. The predicted molar refractivity (Wildman–Crippen MR) is 113 cm³/mol. The number of guanidine groups is 1. The summed E-state index contributed by atoms with van der Waals surface area (Å²) in [5.41, 5.74) is 9.58. The molecule has 0 saturated heterocycles. The van der Waals surface area contributed by atoms with Crippen LogP contribution in [0.25, 0.3) is 11.1 Å². The fraction of sp³-hybridized carbons (Fsp3) is 0.417. The molecule has 5 heteroatoms. The van der Waals surface area contributed by atoms with Crippen LogP contribution in [0.1, 0.15) is 36.8 Å². The van der Waals surface area contributed by atoms with Gasteiger partial charge in [0.25, 0.3) is 5.91 Å². The zero-order chi connectivity index (χ0) is 20.2. The molecule has 1 heterocycles. The number of carbonyl (C=O) groups is 1. The van der Waals surface area contributed by atoms with Gasteiger partial charge in [0.05, 0.1) is 6.10 Å². The number of fused-ring (bicyclic) bond motifs is 3. The van der Waals surface area contributed by atoms with Crippen molar-refractivity contribution in [2.75, 3.05) is 14.2 Å². The number of amides is 1. The van der Waals surface area contributed by atoms with E-state index in [9.17, 15) is 4.79 Å². The lowest BCUT2D eigenvalue weighted by molar-refractivity contribution is -0.137. The molecule has 0 aromatic heterocycles. The van der Waals surface area contributed by atoms with E-state index in [-0.39, 0.29) is 17.4 Å². The van der Waals surface area contributed by atoms with Crippen LogP contribution in [-0.2, 0) is 21.5 Å². The Morgan fingerprint density at radius 3 is 2.45 bits per heavy atom. The molecule has 2 aromatic carbocycles. The molecule has 1 unspecified atom stereocenters. The van der Waals surface area contributed by atoms with E-state index < -0.39 is 5.54 Å². The van der Waals surface area contributed by atoms with Gasteiger partial charge in [-0.25, -0.2) is 4.99 Å². The molecule has 1 atom stereocenters. The predicted octanol–water partition coefficient (Wildman–Crippen LogP) is 3.47. The first-order valence-electron chi connectivity index (χ1n) is 10.4. The van der Waals surface area contributed by atoms with Gasteiger partial charge in [0.1, 0.15) is 0 Å². The lowest BCUT2D eigenvalue weighted by Gasteiger charge is -2.45. The maximum absolute atomic E-state index is 13.7. The largest absolute Gasteiger partial charge is 0.381 e. The van der Waals surface area contributed by atoms with Crippen LogP contribution in [0.2, 0.25) is 0 Å². The highest BCUT2D eigenvalue weighted by Gasteiger charge is 2.66. The molecule has 5 nitrogen and oxygen atoms in total. The highest BCUT2D eigenvalue weighted by Crippen LogP contribution is 2.62. The van der Waals surface area contributed by atoms with E-state index in [2.05, 4.69) is 30.3 Å². The minimum Gasteiger partial charge on any atom is -0.381 e. The fourth-order valence-corrected chi connectivity index (χ4v) is 5.74. The zero-order valence-electron chi connectivity index (χ0n) is 17.0. The summed E-state index contributed by atoms with van der Waals surface area (Å²) in [6.45, 7) is 0. The number of aliphatic imine (C=N–C) groups is 1. The van der Waals surface area contributed by atoms with Crippen molar-refractivity contribution in [3.05, 3.63) is 59.7 Å². The summed E-state index contributed by atoms with van der Waals surface area (Å²) in [6.07, 6.45) is 4.85. The van der Waals surface area contributed by atoms with Crippen LogP contribution in [0.5, 0.6) is 0 Å². The maximum atomic E-state index is 13.7. The van der Waals surface area contributed by atoms with E-state index in [4.69, 9.17) is 15.5 Å². The second-order valence-corrected chi connectivity index (χ2v) is 8.67. The number of hydrogen-bond donors (Lipinski definition) is 1. The molecule has 2 N–H and O–H groups in total. The van der Waals surface area contributed by atoms with Crippen molar-refractivity contribution in [1.29, 1.82) is 0 Å². The second kappa shape index (κ2) is 6.42. The Kier molecular flexibility index (Phi) is 4.07. The van der Waals surface area contributed by atoms with Crippen LogP contribution in [0.15, 0.2) is 53.5 Å². The quantitative estimate of drug-likeness (QED) is 0.855. The van der Waals surface area contributed by atoms with Crippen molar-refractivity contribution in [2.24, 2.45) is 16.1 Å². The van der Waals surface area contributed by atoms with E-state index >= 15 is 0 Å². The molecule has 0 bridgehead atoms. The maximum Gasteiger partial charge on any atom is 0.262 e. The van der Waals surface area contributed by atoms with E-state index in [0.717, 1.165) is 48.8 Å². The molecule has 29 heavy (non-hydrogen) atoms. The molecule has 1 aliphatic heterocycles. The van der Waals surface area contributed by atoms with Gasteiger partial charge >= 0.3 is 0 Å². The third-order valence-corrected chi connectivity index (χ3v) is 7.37. The number of likely N-dealkylation sites (N-methyl/N-ethyl adjacent to an activating group) is 1. The molecule has 150 valence electrons. The zero-order valence-corrected chi connectivity index (χ0v) is 17.0. The summed E-state index contributed by atoms with van der Waals surface area (Å²) in [4.78, 5) is 20.1. The molecule has 1 fully saturated rings. The van der Waals surface area contributed by atoms with Crippen LogP contribution >= 0.6 is 0 Å². The summed E-state index contributed by atoms with van der Waals surface area (Å²) in [5.74, 6) is 0.330. The Morgan fingerprint density at radius 1 is 1.10 bits per heavy atom. The first-order valence-corrected chi connectivity index (χ1v) is 10.4. The van der Waals surface area contributed by atoms with E-state index in [1.807, 2.05) is 18.2 Å². The van der Waals surface area contributed by atoms with Crippen molar-refractivity contribution in [3.8, 4) is 11.1 Å². The molecular weight excluding hydrogens is 362 g/mol. The monoisotopic (exact) mass is 389 g/mol. The number of carbonyl (C=O) groups excluding carboxylic acids is 1. The number of benzene rings is 2. The SMILES string of the molecule is COC1CCC2(CC1)Cc1ccc(-c3ccccc3)cc1C21N=C(N)N(C)C1=O. The van der Waals surface area contributed by atoms with E-state index in [1.165, 1.54) is 10.5 Å². The summed E-state index contributed by atoms with van der Waals surface area (Å²) < 4.78 is 5.61. The highest BCUT2D eigenvalue weighted by atomic mass is 16.5. The fourth-order valence-electron chi connectivity index (χ4n) is 5.74. The second-order valence-electron chi connectivity index (χ2n) is 8.67. The minimum absolute atomic E-state index is 0.00910. The molecule has 5 rings (SSSR count). The average molecular weight is 389 g/mol. The third-order valence-electron chi connectivity index (χ3n) is 7.37. The van der Waals surface area contributed by atoms with E-state index in [0.29, 0.717) is 5.96 Å². The first-order chi connectivity index (χ1) is 14.0.